The smallest absolute Gasteiger partial charge is 0.329 e. The van der Waals surface area contributed by atoms with Gasteiger partial charge in [0.2, 0.25) is 5.91 Å². The summed E-state index contributed by atoms with van der Waals surface area (Å²) in [5.41, 5.74) is 2.92. The van der Waals surface area contributed by atoms with E-state index in [9.17, 15) is 14.4 Å². The van der Waals surface area contributed by atoms with E-state index in [0.717, 1.165) is 24.1 Å². The number of hydrogen-bond acceptors (Lipinski definition) is 5. The quantitative estimate of drug-likeness (QED) is 0.471. The number of ether oxygens (including phenoxy) is 2. The molecule has 6 heteroatoms. The average molecular weight is 452 g/mol. The van der Waals surface area contributed by atoms with Crippen molar-refractivity contribution in [3.63, 3.8) is 0 Å². The van der Waals surface area contributed by atoms with Crippen LogP contribution < -0.4 is 4.90 Å². The third-order valence-electron chi connectivity index (χ3n) is 5.99. The van der Waals surface area contributed by atoms with Crippen LogP contribution in [0.25, 0.3) is 0 Å². The van der Waals surface area contributed by atoms with E-state index >= 15 is 0 Å². The molecule has 2 aromatic rings. The highest BCUT2D eigenvalue weighted by Gasteiger charge is 2.39. The standard InChI is InChI=1S/C27H33NO5/c1-3-32-26(30)21(15-10-13-20-11-6-5-7-12-20)17-18-25(29)28-23-16-9-8-14-22(23)19-24(28)27(31)33-4-2/h5-9,11-12,14,16,21,24H,3-4,10,13,15,17-19H2,1-2H3/t21-,24+/m1/s1. The first-order chi connectivity index (χ1) is 16.0. The number of hydrogen-bond donors (Lipinski definition) is 0. The Morgan fingerprint density at radius 3 is 2.36 bits per heavy atom. The predicted octanol–water partition coefficient (Wildman–Crippen LogP) is 4.49. The number of para-hydroxylation sites is 1. The van der Waals surface area contributed by atoms with Gasteiger partial charge in [-0.2, -0.15) is 0 Å². The molecule has 2 aromatic carbocycles. The van der Waals surface area contributed by atoms with Gasteiger partial charge in [-0.25, -0.2) is 4.79 Å². The maximum Gasteiger partial charge on any atom is 0.329 e. The Bertz CT molecular complexity index is 943. The van der Waals surface area contributed by atoms with Crippen LogP contribution in [0.15, 0.2) is 54.6 Å². The van der Waals surface area contributed by atoms with Crippen molar-refractivity contribution in [3.05, 3.63) is 65.7 Å². The minimum absolute atomic E-state index is 0.166. The lowest BCUT2D eigenvalue weighted by molar-refractivity contribution is -0.149. The van der Waals surface area contributed by atoms with Crippen LogP contribution in [0, 0.1) is 5.92 Å². The van der Waals surface area contributed by atoms with Crippen molar-refractivity contribution in [1.29, 1.82) is 0 Å². The number of esters is 2. The molecule has 0 N–H and O–H groups in total. The molecule has 1 aliphatic heterocycles. The molecule has 1 heterocycles. The van der Waals surface area contributed by atoms with Gasteiger partial charge in [-0.3, -0.25) is 14.5 Å². The number of carbonyl (C=O) groups is 3. The Balaban J connectivity index is 1.65. The Labute approximate surface area is 195 Å². The molecule has 0 saturated carbocycles. The molecular weight excluding hydrogens is 418 g/mol. The monoisotopic (exact) mass is 451 g/mol. The number of aryl methyl sites for hydroxylation is 1. The van der Waals surface area contributed by atoms with Gasteiger partial charge in [-0.1, -0.05) is 48.5 Å². The zero-order valence-electron chi connectivity index (χ0n) is 19.5. The Morgan fingerprint density at radius 1 is 0.939 bits per heavy atom. The normalized spacial score (nSPS) is 15.6. The fourth-order valence-corrected chi connectivity index (χ4v) is 4.38. The van der Waals surface area contributed by atoms with Gasteiger partial charge in [0.25, 0.3) is 0 Å². The molecular formula is C27H33NO5. The maximum atomic E-state index is 13.3. The number of amides is 1. The van der Waals surface area contributed by atoms with Crippen LogP contribution in [-0.2, 0) is 36.7 Å². The van der Waals surface area contributed by atoms with Gasteiger partial charge in [0.1, 0.15) is 6.04 Å². The number of fused-ring (bicyclic) bond motifs is 1. The Hall–Kier alpha value is -3.15. The van der Waals surface area contributed by atoms with E-state index in [1.165, 1.54) is 5.56 Å². The highest BCUT2D eigenvalue weighted by Crippen LogP contribution is 2.34. The molecule has 0 fully saturated rings. The minimum Gasteiger partial charge on any atom is -0.466 e. The predicted molar refractivity (Wildman–Crippen MR) is 127 cm³/mol. The van der Waals surface area contributed by atoms with Gasteiger partial charge in [0.15, 0.2) is 0 Å². The van der Waals surface area contributed by atoms with Gasteiger partial charge in [0, 0.05) is 18.5 Å². The summed E-state index contributed by atoms with van der Waals surface area (Å²) >= 11 is 0. The summed E-state index contributed by atoms with van der Waals surface area (Å²) in [5, 5.41) is 0. The van der Waals surface area contributed by atoms with Crippen LogP contribution in [0.3, 0.4) is 0 Å². The second-order valence-corrected chi connectivity index (χ2v) is 8.23. The molecule has 0 radical (unpaired) electrons. The largest absolute Gasteiger partial charge is 0.466 e. The first-order valence-electron chi connectivity index (χ1n) is 11.8. The van der Waals surface area contributed by atoms with Crippen LogP contribution in [0.1, 0.15) is 50.7 Å². The fraction of sp³-hybridized carbons (Fsp3) is 0.444. The molecule has 0 aliphatic carbocycles. The van der Waals surface area contributed by atoms with Crippen molar-refractivity contribution in [1.82, 2.24) is 0 Å². The highest BCUT2D eigenvalue weighted by atomic mass is 16.5. The number of carbonyl (C=O) groups excluding carboxylic acids is 3. The molecule has 176 valence electrons. The van der Waals surface area contributed by atoms with E-state index in [-0.39, 0.29) is 30.8 Å². The summed E-state index contributed by atoms with van der Waals surface area (Å²) in [6.07, 6.45) is 3.35. The summed E-state index contributed by atoms with van der Waals surface area (Å²) in [4.78, 5) is 39.9. The molecule has 3 rings (SSSR count). The molecule has 33 heavy (non-hydrogen) atoms. The van der Waals surface area contributed by atoms with E-state index in [4.69, 9.17) is 9.47 Å². The Kier molecular flexibility index (Phi) is 9.04. The van der Waals surface area contributed by atoms with Crippen molar-refractivity contribution >= 4 is 23.5 Å². The molecule has 0 spiro atoms. The molecule has 6 nitrogen and oxygen atoms in total. The van der Waals surface area contributed by atoms with Crippen molar-refractivity contribution in [3.8, 4) is 0 Å². The summed E-state index contributed by atoms with van der Waals surface area (Å²) in [7, 11) is 0. The molecule has 2 atom stereocenters. The minimum atomic E-state index is -0.658. The summed E-state index contributed by atoms with van der Waals surface area (Å²) < 4.78 is 10.5. The van der Waals surface area contributed by atoms with Crippen LogP contribution in [-0.4, -0.2) is 37.1 Å². The van der Waals surface area contributed by atoms with Gasteiger partial charge >= 0.3 is 11.9 Å². The lowest BCUT2D eigenvalue weighted by Crippen LogP contribution is -2.44. The molecule has 1 aliphatic rings. The van der Waals surface area contributed by atoms with Gasteiger partial charge < -0.3 is 9.47 Å². The third-order valence-corrected chi connectivity index (χ3v) is 5.99. The molecule has 0 unspecified atom stereocenters. The van der Waals surface area contributed by atoms with Crippen molar-refractivity contribution < 1.29 is 23.9 Å². The fourth-order valence-electron chi connectivity index (χ4n) is 4.38. The molecule has 0 saturated heterocycles. The van der Waals surface area contributed by atoms with E-state index in [1.807, 2.05) is 42.5 Å². The van der Waals surface area contributed by atoms with E-state index in [0.29, 0.717) is 25.9 Å². The molecule has 0 aromatic heterocycles. The summed E-state index contributed by atoms with van der Waals surface area (Å²) in [6.45, 7) is 4.12. The second kappa shape index (κ2) is 12.2. The van der Waals surface area contributed by atoms with Crippen LogP contribution in [0.4, 0.5) is 5.69 Å². The van der Waals surface area contributed by atoms with Gasteiger partial charge in [0.05, 0.1) is 19.1 Å². The van der Waals surface area contributed by atoms with Crippen molar-refractivity contribution in [2.75, 3.05) is 18.1 Å². The lowest BCUT2D eigenvalue weighted by atomic mass is 9.95. The van der Waals surface area contributed by atoms with E-state index < -0.39 is 12.0 Å². The van der Waals surface area contributed by atoms with Crippen molar-refractivity contribution in [2.24, 2.45) is 5.92 Å². The second-order valence-electron chi connectivity index (χ2n) is 8.23. The van der Waals surface area contributed by atoms with Crippen LogP contribution >= 0.6 is 0 Å². The molecule has 1 amide bonds. The maximum absolute atomic E-state index is 13.3. The Morgan fingerprint density at radius 2 is 1.64 bits per heavy atom. The number of nitrogens with zero attached hydrogens (tertiary/aromatic N) is 1. The highest BCUT2D eigenvalue weighted by molar-refractivity contribution is 6.02. The third kappa shape index (κ3) is 6.44. The average Bonchev–Trinajstić information content (AvgIpc) is 3.22. The summed E-state index contributed by atoms with van der Waals surface area (Å²) in [5.74, 6) is -1.18. The topological polar surface area (TPSA) is 72.9 Å². The first kappa shape index (κ1) is 24.5. The summed E-state index contributed by atoms with van der Waals surface area (Å²) in [6, 6.07) is 17.0. The zero-order chi connectivity index (χ0) is 23.6. The first-order valence-corrected chi connectivity index (χ1v) is 11.8. The lowest BCUT2D eigenvalue weighted by Gasteiger charge is -2.25. The van der Waals surface area contributed by atoms with Gasteiger partial charge in [-0.05, 0) is 56.7 Å². The molecule has 0 bridgehead atoms. The zero-order valence-corrected chi connectivity index (χ0v) is 19.5. The number of rotatable bonds is 11. The SMILES string of the molecule is CCOC(=O)[C@H](CCCc1ccccc1)CCC(=O)N1c2ccccc2C[C@H]1C(=O)OCC. The van der Waals surface area contributed by atoms with E-state index in [1.54, 1.807) is 18.7 Å². The van der Waals surface area contributed by atoms with E-state index in [2.05, 4.69) is 12.1 Å². The van der Waals surface area contributed by atoms with Gasteiger partial charge in [-0.15, -0.1) is 0 Å². The van der Waals surface area contributed by atoms with Crippen LogP contribution in [0.2, 0.25) is 0 Å². The van der Waals surface area contributed by atoms with Crippen molar-refractivity contribution in [2.45, 2.75) is 58.4 Å². The number of benzene rings is 2. The number of anilines is 1. The van der Waals surface area contributed by atoms with Crippen LogP contribution in [0.5, 0.6) is 0 Å².